The maximum absolute atomic E-state index is 11.9. The molecule has 0 spiro atoms. The zero-order chi connectivity index (χ0) is 12.5. The molecule has 0 aromatic heterocycles. The second-order valence-corrected chi connectivity index (χ2v) is 5.43. The van der Waals surface area contributed by atoms with Crippen molar-refractivity contribution in [1.29, 1.82) is 0 Å². The van der Waals surface area contributed by atoms with E-state index in [1.165, 1.54) is 44.9 Å². The van der Waals surface area contributed by atoms with Gasteiger partial charge < -0.3 is 4.74 Å². The van der Waals surface area contributed by atoms with E-state index in [0.717, 1.165) is 19.3 Å². The first-order chi connectivity index (χ1) is 8.24. The van der Waals surface area contributed by atoms with Crippen LogP contribution in [0.25, 0.3) is 0 Å². The molecule has 1 aliphatic rings. The Bertz CT molecular complexity index is 207. The number of esters is 1. The molecular formula is C15H28O2. The second-order valence-electron chi connectivity index (χ2n) is 5.43. The molecule has 1 fully saturated rings. The first kappa shape index (κ1) is 14.5. The third-order valence-corrected chi connectivity index (χ3v) is 3.72. The molecule has 2 heteroatoms. The van der Waals surface area contributed by atoms with E-state index in [9.17, 15) is 4.79 Å². The molecule has 1 rings (SSSR count). The summed E-state index contributed by atoms with van der Waals surface area (Å²) >= 11 is 0. The molecule has 0 amide bonds. The standard InChI is InChI=1S/C15H28O2/c1-3-4-5-7-10-13(2)17-15(16)14-11-8-6-9-12-14/h13-14H,3-12H2,1-2H3. The Morgan fingerprint density at radius 2 is 1.88 bits per heavy atom. The average Bonchev–Trinajstić information content (AvgIpc) is 2.36. The zero-order valence-electron chi connectivity index (χ0n) is 11.5. The van der Waals surface area contributed by atoms with Crippen LogP contribution in [0, 0.1) is 5.92 Å². The Morgan fingerprint density at radius 1 is 1.18 bits per heavy atom. The topological polar surface area (TPSA) is 26.3 Å². The lowest BCUT2D eigenvalue weighted by atomic mass is 9.89. The minimum absolute atomic E-state index is 0.0627. The Balaban J connectivity index is 2.11. The van der Waals surface area contributed by atoms with E-state index in [0.29, 0.717) is 0 Å². The summed E-state index contributed by atoms with van der Waals surface area (Å²) in [7, 11) is 0. The van der Waals surface area contributed by atoms with Crippen LogP contribution in [0.2, 0.25) is 0 Å². The van der Waals surface area contributed by atoms with E-state index in [-0.39, 0.29) is 18.0 Å². The van der Waals surface area contributed by atoms with Gasteiger partial charge >= 0.3 is 5.97 Å². The normalized spacial score (nSPS) is 18.9. The molecule has 1 atom stereocenters. The number of carbonyl (C=O) groups is 1. The van der Waals surface area contributed by atoms with Crippen molar-refractivity contribution in [3.8, 4) is 0 Å². The lowest BCUT2D eigenvalue weighted by Crippen LogP contribution is -2.24. The van der Waals surface area contributed by atoms with Gasteiger partial charge in [-0.2, -0.15) is 0 Å². The van der Waals surface area contributed by atoms with Crippen molar-refractivity contribution in [3.05, 3.63) is 0 Å². The highest BCUT2D eigenvalue weighted by atomic mass is 16.5. The van der Waals surface area contributed by atoms with Crippen LogP contribution in [0.15, 0.2) is 0 Å². The van der Waals surface area contributed by atoms with E-state index in [4.69, 9.17) is 4.74 Å². The molecule has 17 heavy (non-hydrogen) atoms. The van der Waals surface area contributed by atoms with Crippen LogP contribution < -0.4 is 0 Å². The Morgan fingerprint density at radius 3 is 2.53 bits per heavy atom. The van der Waals surface area contributed by atoms with Crippen LogP contribution in [0.1, 0.15) is 78.1 Å². The summed E-state index contributed by atoms with van der Waals surface area (Å²) < 4.78 is 5.53. The highest BCUT2D eigenvalue weighted by Crippen LogP contribution is 2.25. The van der Waals surface area contributed by atoms with E-state index in [1.807, 2.05) is 6.92 Å². The van der Waals surface area contributed by atoms with Gasteiger partial charge in [0.2, 0.25) is 0 Å². The molecular weight excluding hydrogens is 212 g/mol. The van der Waals surface area contributed by atoms with Crippen LogP contribution >= 0.6 is 0 Å². The Hall–Kier alpha value is -0.530. The first-order valence-corrected chi connectivity index (χ1v) is 7.44. The summed E-state index contributed by atoms with van der Waals surface area (Å²) in [6, 6.07) is 0. The molecule has 0 aliphatic heterocycles. The molecule has 0 N–H and O–H groups in total. The van der Waals surface area contributed by atoms with Crippen LogP contribution in [0.3, 0.4) is 0 Å². The highest BCUT2D eigenvalue weighted by Gasteiger charge is 2.23. The third kappa shape index (κ3) is 6.09. The number of carbonyl (C=O) groups excluding carboxylic acids is 1. The molecule has 0 saturated heterocycles. The summed E-state index contributed by atoms with van der Waals surface area (Å²) in [4.78, 5) is 11.9. The van der Waals surface area contributed by atoms with Crippen LogP contribution in [-0.2, 0) is 9.53 Å². The summed E-state index contributed by atoms with van der Waals surface area (Å²) in [5.74, 6) is 0.259. The van der Waals surface area contributed by atoms with Crippen molar-refractivity contribution in [2.75, 3.05) is 0 Å². The van der Waals surface area contributed by atoms with E-state index in [1.54, 1.807) is 0 Å². The molecule has 0 aromatic carbocycles. The molecule has 1 aliphatic carbocycles. The molecule has 0 heterocycles. The summed E-state index contributed by atoms with van der Waals surface area (Å²) in [6.07, 6.45) is 11.9. The van der Waals surface area contributed by atoms with E-state index < -0.39 is 0 Å². The summed E-state index contributed by atoms with van der Waals surface area (Å²) in [5.41, 5.74) is 0. The minimum Gasteiger partial charge on any atom is -0.462 e. The Labute approximate surface area is 106 Å². The average molecular weight is 240 g/mol. The second kappa shape index (κ2) is 8.54. The summed E-state index contributed by atoms with van der Waals surface area (Å²) in [5, 5.41) is 0. The fraction of sp³-hybridized carbons (Fsp3) is 0.933. The highest BCUT2D eigenvalue weighted by molar-refractivity contribution is 5.72. The molecule has 0 bridgehead atoms. The molecule has 1 unspecified atom stereocenters. The largest absolute Gasteiger partial charge is 0.462 e. The molecule has 2 nitrogen and oxygen atoms in total. The van der Waals surface area contributed by atoms with Crippen molar-refractivity contribution < 1.29 is 9.53 Å². The van der Waals surface area contributed by atoms with Crippen LogP contribution in [0.4, 0.5) is 0 Å². The van der Waals surface area contributed by atoms with Crippen molar-refractivity contribution in [2.24, 2.45) is 5.92 Å². The molecule has 0 aromatic rings. The predicted molar refractivity (Wildman–Crippen MR) is 70.9 cm³/mol. The van der Waals surface area contributed by atoms with Gasteiger partial charge in [-0.25, -0.2) is 0 Å². The van der Waals surface area contributed by atoms with Crippen molar-refractivity contribution in [1.82, 2.24) is 0 Å². The van der Waals surface area contributed by atoms with Gasteiger partial charge in [0.1, 0.15) is 0 Å². The van der Waals surface area contributed by atoms with Crippen molar-refractivity contribution >= 4 is 5.97 Å². The number of rotatable bonds is 7. The van der Waals surface area contributed by atoms with Crippen LogP contribution in [0.5, 0.6) is 0 Å². The van der Waals surface area contributed by atoms with Gasteiger partial charge in [-0.3, -0.25) is 4.79 Å². The minimum atomic E-state index is 0.0627. The fourth-order valence-electron chi connectivity index (χ4n) is 2.55. The van der Waals surface area contributed by atoms with Gasteiger partial charge in [0, 0.05) is 0 Å². The quantitative estimate of drug-likeness (QED) is 0.485. The molecule has 1 saturated carbocycles. The van der Waals surface area contributed by atoms with Gasteiger partial charge in [-0.15, -0.1) is 0 Å². The van der Waals surface area contributed by atoms with E-state index >= 15 is 0 Å². The van der Waals surface area contributed by atoms with Gasteiger partial charge in [0.05, 0.1) is 12.0 Å². The number of hydrogen-bond acceptors (Lipinski definition) is 2. The third-order valence-electron chi connectivity index (χ3n) is 3.72. The number of hydrogen-bond donors (Lipinski definition) is 0. The predicted octanol–water partition coefficient (Wildman–Crippen LogP) is 4.47. The number of ether oxygens (including phenoxy) is 1. The van der Waals surface area contributed by atoms with E-state index in [2.05, 4.69) is 6.92 Å². The van der Waals surface area contributed by atoms with Crippen molar-refractivity contribution in [3.63, 3.8) is 0 Å². The van der Waals surface area contributed by atoms with Gasteiger partial charge in [0.15, 0.2) is 0 Å². The van der Waals surface area contributed by atoms with Gasteiger partial charge in [-0.1, -0.05) is 45.4 Å². The van der Waals surface area contributed by atoms with Crippen molar-refractivity contribution in [2.45, 2.75) is 84.2 Å². The maximum atomic E-state index is 11.9. The monoisotopic (exact) mass is 240 g/mol. The Kier molecular flexibility index (Phi) is 7.30. The van der Waals surface area contributed by atoms with Crippen LogP contribution in [-0.4, -0.2) is 12.1 Å². The lowest BCUT2D eigenvalue weighted by Gasteiger charge is -2.22. The maximum Gasteiger partial charge on any atom is 0.309 e. The fourth-order valence-corrected chi connectivity index (χ4v) is 2.55. The van der Waals surface area contributed by atoms with Gasteiger partial charge in [-0.05, 0) is 32.6 Å². The number of unbranched alkanes of at least 4 members (excludes halogenated alkanes) is 3. The molecule has 0 radical (unpaired) electrons. The SMILES string of the molecule is CCCCCCC(C)OC(=O)C1CCCCC1. The van der Waals surface area contributed by atoms with Gasteiger partial charge in [0.25, 0.3) is 0 Å². The summed E-state index contributed by atoms with van der Waals surface area (Å²) in [6.45, 7) is 4.25. The smallest absolute Gasteiger partial charge is 0.309 e. The zero-order valence-corrected chi connectivity index (χ0v) is 11.5. The lowest BCUT2D eigenvalue weighted by molar-refractivity contribution is -0.154. The first-order valence-electron chi connectivity index (χ1n) is 7.44. The molecule has 100 valence electrons.